The summed E-state index contributed by atoms with van der Waals surface area (Å²) in [5, 5.41) is 5.56. The number of hydrogen-bond acceptors (Lipinski definition) is 4. The van der Waals surface area contributed by atoms with Crippen LogP contribution in [-0.4, -0.2) is 27.9 Å². The first-order valence-corrected chi connectivity index (χ1v) is 9.22. The zero-order valence-electron chi connectivity index (χ0n) is 17.2. The van der Waals surface area contributed by atoms with E-state index >= 15 is 0 Å². The fraction of sp³-hybridized carbons (Fsp3) is 0.261. The maximum Gasteiger partial charge on any atom is 0.220 e. The van der Waals surface area contributed by atoms with Crippen molar-refractivity contribution in [1.29, 1.82) is 0 Å². The molecule has 0 N–H and O–H groups in total. The van der Waals surface area contributed by atoms with Crippen molar-refractivity contribution in [2.75, 3.05) is 27.9 Å². The predicted molar refractivity (Wildman–Crippen MR) is 111 cm³/mol. The molecule has 6 heteroatoms. The van der Waals surface area contributed by atoms with E-state index in [4.69, 9.17) is 18.9 Å². The van der Waals surface area contributed by atoms with E-state index in [2.05, 4.69) is 36.0 Å². The molecule has 4 aromatic rings. The van der Waals surface area contributed by atoms with Gasteiger partial charge >= 0.3 is 0 Å². The quantitative estimate of drug-likeness (QED) is 0.366. The number of aryl methyl sites for hydroxylation is 1. The molecule has 0 fully saturated rings. The van der Waals surface area contributed by atoms with E-state index in [0.29, 0.717) is 12.4 Å². The Kier molecular flexibility index (Phi) is 5.89. The van der Waals surface area contributed by atoms with Crippen molar-refractivity contribution in [3.05, 3.63) is 42.6 Å². The third-order valence-corrected chi connectivity index (χ3v) is 5.11. The molecule has 29 heavy (non-hydrogen) atoms. The van der Waals surface area contributed by atoms with Gasteiger partial charge in [-0.3, -0.25) is 0 Å². The summed E-state index contributed by atoms with van der Waals surface area (Å²) in [7, 11) is 7.03. The molecule has 0 aliphatic heterocycles. The molecule has 0 aliphatic carbocycles. The Morgan fingerprint density at radius 2 is 1.31 bits per heavy atom. The lowest BCUT2D eigenvalue weighted by molar-refractivity contribution is -0.642. The van der Waals surface area contributed by atoms with Gasteiger partial charge in [-0.1, -0.05) is 6.07 Å². The second-order valence-electron chi connectivity index (χ2n) is 6.65. The summed E-state index contributed by atoms with van der Waals surface area (Å²) in [6, 6.07) is 12.4. The smallest absolute Gasteiger partial charge is 0.220 e. The summed E-state index contributed by atoms with van der Waals surface area (Å²) in [4.78, 5) is 0. The summed E-state index contributed by atoms with van der Waals surface area (Å²) in [5.74, 6) is 2.93. The lowest BCUT2D eigenvalue weighted by atomic mass is 10.00. The molecule has 0 bridgehead atoms. The number of nitrogens with zero attached hydrogens (tertiary/aromatic N) is 1. The third-order valence-electron chi connectivity index (χ3n) is 5.11. The highest BCUT2D eigenvalue weighted by Gasteiger charge is 2.19. The van der Waals surface area contributed by atoms with Crippen LogP contribution < -0.4 is 35.9 Å². The highest BCUT2D eigenvalue weighted by atomic mass is 35.5. The SMILES string of the molecule is CCOc1cc2c(cc1OC)c[n+](C)c1c3cc(OC)c(OC)cc3ccc21.[Cl-]. The highest BCUT2D eigenvalue weighted by molar-refractivity contribution is 6.14. The van der Waals surface area contributed by atoms with Gasteiger partial charge in [0, 0.05) is 5.39 Å². The molecule has 0 amide bonds. The molecular formula is C23H24ClNO4. The van der Waals surface area contributed by atoms with Crippen LogP contribution in [0.15, 0.2) is 42.6 Å². The Morgan fingerprint density at radius 3 is 1.97 bits per heavy atom. The summed E-state index contributed by atoms with van der Waals surface area (Å²) in [5.41, 5.74) is 1.12. The van der Waals surface area contributed by atoms with Crippen molar-refractivity contribution in [1.82, 2.24) is 0 Å². The number of pyridine rings is 1. The van der Waals surface area contributed by atoms with Crippen LogP contribution in [0.4, 0.5) is 0 Å². The molecule has 5 nitrogen and oxygen atoms in total. The summed E-state index contributed by atoms with van der Waals surface area (Å²) in [6.45, 7) is 2.56. The first-order chi connectivity index (χ1) is 13.6. The molecule has 0 aliphatic rings. The topological polar surface area (TPSA) is 40.8 Å². The van der Waals surface area contributed by atoms with Gasteiger partial charge in [0.15, 0.2) is 29.2 Å². The number of ether oxygens (including phenoxy) is 4. The summed E-state index contributed by atoms with van der Waals surface area (Å²) >= 11 is 0. The van der Waals surface area contributed by atoms with Crippen LogP contribution in [0, 0.1) is 0 Å². The van der Waals surface area contributed by atoms with Gasteiger partial charge in [-0.2, -0.15) is 4.57 Å². The Labute approximate surface area is 176 Å². The zero-order valence-corrected chi connectivity index (χ0v) is 18.0. The fourth-order valence-corrected chi connectivity index (χ4v) is 3.85. The summed E-state index contributed by atoms with van der Waals surface area (Å²) in [6.07, 6.45) is 2.12. The molecule has 0 atom stereocenters. The lowest BCUT2D eigenvalue weighted by Crippen LogP contribution is -3.00. The van der Waals surface area contributed by atoms with Gasteiger partial charge in [-0.05, 0) is 42.6 Å². The van der Waals surface area contributed by atoms with Crippen molar-refractivity contribution < 1.29 is 35.9 Å². The maximum absolute atomic E-state index is 5.80. The number of methoxy groups -OCH3 is 3. The number of aromatic nitrogens is 1. The van der Waals surface area contributed by atoms with E-state index in [-0.39, 0.29) is 12.4 Å². The highest BCUT2D eigenvalue weighted by Crippen LogP contribution is 2.39. The van der Waals surface area contributed by atoms with Crippen LogP contribution in [0.25, 0.3) is 32.4 Å². The number of fused-ring (bicyclic) bond motifs is 5. The van der Waals surface area contributed by atoms with E-state index in [1.807, 2.05) is 25.1 Å². The van der Waals surface area contributed by atoms with Gasteiger partial charge in [0.25, 0.3) is 0 Å². The minimum atomic E-state index is 0. The van der Waals surface area contributed by atoms with Crippen molar-refractivity contribution >= 4 is 32.4 Å². The van der Waals surface area contributed by atoms with E-state index in [1.165, 1.54) is 0 Å². The van der Waals surface area contributed by atoms with E-state index in [1.54, 1.807) is 21.3 Å². The van der Waals surface area contributed by atoms with Gasteiger partial charge < -0.3 is 31.4 Å². The molecule has 0 saturated carbocycles. The average molecular weight is 414 g/mol. The molecule has 3 aromatic carbocycles. The van der Waals surface area contributed by atoms with E-state index < -0.39 is 0 Å². The van der Waals surface area contributed by atoms with Gasteiger partial charge in [0.05, 0.1) is 44.1 Å². The first kappa shape index (κ1) is 20.8. The molecule has 152 valence electrons. The van der Waals surface area contributed by atoms with Crippen LogP contribution in [0.2, 0.25) is 0 Å². The minimum Gasteiger partial charge on any atom is -1.00 e. The molecule has 1 heterocycles. The second-order valence-corrected chi connectivity index (χ2v) is 6.65. The molecular weight excluding hydrogens is 390 g/mol. The van der Waals surface area contributed by atoms with E-state index in [9.17, 15) is 0 Å². The Bertz CT molecular complexity index is 1210. The maximum atomic E-state index is 5.80. The standard InChI is InChI=1S/C23H24NO4.ClH/c1-6-28-22-11-17-15(10-20(22)26-4)13-24(2)23-16(17)8-7-14-9-19(25-3)21(27-5)12-18(14)23;/h7-13H,6H2,1-5H3;1H/q+1;/p-1. The van der Waals surface area contributed by atoms with Gasteiger partial charge in [-0.25, -0.2) is 0 Å². The number of benzene rings is 3. The Hall–Kier alpha value is -2.92. The average Bonchev–Trinajstić information content (AvgIpc) is 2.72. The van der Waals surface area contributed by atoms with Gasteiger partial charge in [-0.15, -0.1) is 0 Å². The van der Waals surface area contributed by atoms with Crippen molar-refractivity contribution in [2.45, 2.75) is 6.92 Å². The predicted octanol–water partition coefficient (Wildman–Crippen LogP) is 1.40. The molecule has 0 spiro atoms. The Morgan fingerprint density at radius 1 is 0.724 bits per heavy atom. The monoisotopic (exact) mass is 413 g/mol. The fourth-order valence-electron chi connectivity index (χ4n) is 3.85. The number of halogens is 1. The van der Waals surface area contributed by atoms with Crippen LogP contribution >= 0.6 is 0 Å². The molecule has 4 rings (SSSR count). The van der Waals surface area contributed by atoms with E-state index in [0.717, 1.165) is 49.7 Å². The summed E-state index contributed by atoms with van der Waals surface area (Å²) < 4.78 is 24.5. The van der Waals surface area contributed by atoms with Crippen molar-refractivity contribution in [2.24, 2.45) is 7.05 Å². The van der Waals surface area contributed by atoms with Gasteiger partial charge in [0.2, 0.25) is 5.52 Å². The molecule has 0 unspecified atom stereocenters. The zero-order chi connectivity index (χ0) is 19.8. The van der Waals surface area contributed by atoms with Crippen molar-refractivity contribution in [3.63, 3.8) is 0 Å². The van der Waals surface area contributed by atoms with Crippen LogP contribution in [0.5, 0.6) is 23.0 Å². The minimum absolute atomic E-state index is 0. The van der Waals surface area contributed by atoms with Gasteiger partial charge in [0.1, 0.15) is 7.05 Å². The molecule has 1 aromatic heterocycles. The van der Waals surface area contributed by atoms with Crippen LogP contribution in [0.1, 0.15) is 6.92 Å². The second kappa shape index (κ2) is 8.21. The normalized spacial score (nSPS) is 10.8. The van der Waals surface area contributed by atoms with Crippen molar-refractivity contribution in [3.8, 4) is 23.0 Å². The first-order valence-electron chi connectivity index (χ1n) is 9.22. The number of rotatable bonds is 5. The largest absolute Gasteiger partial charge is 1.00 e. The third kappa shape index (κ3) is 3.36. The number of hydrogen-bond donors (Lipinski definition) is 0. The lowest BCUT2D eigenvalue weighted by Gasteiger charge is -2.13. The Balaban J connectivity index is 0.00000240. The van der Waals surface area contributed by atoms with Crippen LogP contribution in [-0.2, 0) is 7.05 Å². The van der Waals surface area contributed by atoms with Crippen LogP contribution in [0.3, 0.4) is 0 Å². The molecule has 0 saturated heterocycles. The molecule has 0 radical (unpaired) electrons.